The highest BCUT2D eigenvalue weighted by Gasteiger charge is 2.27. The zero-order chi connectivity index (χ0) is 15.4. The quantitative estimate of drug-likeness (QED) is 0.669. The summed E-state index contributed by atoms with van der Waals surface area (Å²) in [6.07, 6.45) is 1.27. The number of carbonyl (C=O) groups excluding carboxylic acids is 2. The Hall–Kier alpha value is -2.44. The zero-order valence-corrected chi connectivity index (χ0v) is 11.7. The first-order valence-electron chi connectivity index (χ1n) is 6.78. The molecule has 7 nitrogen and oxygen atoms in total. The molecule has 1 saturated heterocycles. The third kappa shape index (κ3) is 3.36. The molecule has 7 heteroatoms. The van der Waals surface area contributed by atoms with Crippen LogP contribution in [0.1, 0.15) is 23.2 Å². The van der Waals surface area contributed by atoms with Crippen molar-refractivity contribution < 1.29 is 14.5 Å². The van der Waals surface area contributed by atoms with Crippen LogP contribution in [0.4, 0.5) is 5.69 Å². The first-order valence-corrected chi connectivity index (χ1v) is 6.78. The lowest BCUT2D eigenvalue weighted by Crippen LogP contribution is -2.42. The average molecular weight is 291 g/mol. The highest BCUT2D eigenvalue weighted by atomic mass is 16.6. The molecule has 0 aliphatic carbocycles. The predicted octanol–water partition coefficient (Wildman–Crippen LogP) is 1.19. The number of nitrogens with zero attached hydrogens (tertiary/aromatic N) is 2. The van der Waals surface area contributed by atoms with Crippen molar-refractivity contribution in [1.29, 1.82) is 0 Å². The topological polar surface area (TPSA) is 92.6 Å². The van der Waals surface area contributed by atoms with E-state index in [9.17, 15) is 19.7 Å². The van der Waals surface area contributed by atoms with Crippen LogP contribution < -0.4 is 5.32 Å². The van der Waals surface area contributed by atoms with E-state index < -0.39 is 4.92 Å². The molecule has 1 aromatic rings. The van der Waals surface area contributed by atoms with E-state index >= 15 is 0 Å². The van der Waals surface area contributed by atoms with Gasteiger partial charge >= 0.3 is 0 Å². The van der Waals surface area contributed by atoms with Crippen LogP contribution in [-0.2, 0) is 4.79 Å². The lowest BCUT2D eigenvalue weighted by molar-refractivity contribution is -0.384. The molecule has 0 spiro atoms. The Morgan fingerprint density at radius 2 is 1.81 bits per heavy atom. The molecule has 21 heavy (non-hydrogen) atoms. The number of nitrogens with one attached hydrogen (secondary N) is 1. The SMILES string of the molecule is CNC(=O)C1CCN(C(=O)c2ccc([N+](=O)[O-])cc2)CC1. The van der Waals surface area contributed by atoms with Gasteiger partial charge in [-0.1, -0.05) is 0 Å². The van der Waals surface area contributed by atoms with E-state index in [1.807, 2.05) is 0 Å². The number of rotatable bonds is 3. The average Bonchev–Trinajstić information content (AvgIpc) is 2.53. The third-order valence-corrected chi connectivity index (χ3v) is 3.72. The van der Waals surface area contributed by atoms with E-state index in [-0.39, 0.29) is 23.4 Å². The molecule has 2 rings (SSSR count). The second-order valence-corrected chi connectivity index (χ2v) is 4.98. The Morgan fingerprint density at radius 1 is 1.24 bits per heavy atom. The Morgan fingerprint density at radius 3 is 2.29 bits per heavy atom. The normalized spacial score (nSPS) is 15.6. The molecule has 112 valence electrons. The number of nitro groups is 1. The van der Waals surface area contributed by atoms with Crippen molar-refractivity contribution in [1.82, 2.24) is 10.2 Å². The number of likely N-dealkylation sites (tertiary alicyclic amines) is 1. The Balaban J connectivity index is 1.98. The summed E-state index contributed by atoms with van der Waals surface area (Å²) in [6, 6.07) is 5.58. The Kier molecular flexibility index (Phi) is 4.52. The number of amides is 2. The van der Waals surface area contributed by atoms with Gasteiger partial charge < -0.3 is 10.2 Å². The minimum absolute atomic E-state index is 0.0115. The fourth-order valence-electron chi connectivity index (χ4n) is 2.46. The maximum atomic E-state index is 12.3. The van der Waals surface area contributed by atoms with Crippen LogP contribution in [0.5, 0.6) is 0 Å². The number of nitro benzene ring substituents is 1. The third-order valence-electron chi connectivity index (χ3n) is 3.72. The van der Waals surface area contributed by atoms with E-state index in [1.54, 1.807) is 11.9 Å². The maximum absolute atomic E-state index is 12.3. The van der Waals surface area contributed by atoms with Gasteiger partial charge in [0.2, 0.25) is 5.91 Å². The van der Waals surface area contributed by atoms with Crippen molar-refractivity contribution in [2.45, 2.75) is 12.8 Å². The maximum Gasteiger partial charge on any atom is 0.269 e. The number of piperidine rings is 1. The monoisotopic (exact) mass is 291 g/mol. The van der Waals surface area contributed by atoms with Crippen molar-refractivity contribution >= 4 is 17.5 Å². The van der Waals surface area contributed by atoms with Crippen molar-refractivity contribution in [3.63, 3.8) is 0 Å². The molecule has 1 aromatic carbocycles. The molecule has 0 aromatic heterocycles. The van der Waals surface area contributed by atoms with E-state index in [2.05, 4.69) is 5.32 Å². The van der Waals surface area contributed by atoms with Crippen LogP contribution in [0.15, 0.2) is 24.3 Å². The number of carbonyl (C=O) groups is 2. The van der Waals surface area contributed by atoms with Crippen molar-refractivity contribution in [2.75, 3.05) is 20.1 Å². The minimum Gasteiger partial charge on any atom is -0.359 e. The van der Waals surface area contributed by atoms with Gasteiger partial charge in [-0.2, -0.15) is 0 Å². The summed E-state index contributed by atoms with van der Waals surface area (Å²) in [5.74, 6) is -0.186. The summed E-state index contributed by atoms with van der Waals surface area (Å²) in [6.45, 7) is 1.04. The van der Waals surface area contributed by atoms with Crippen LogP contribution >= 0.6 is 0 Å². The number of benzene rings is 1. The largest absolute Gasteiger partial charge is 0.359 e. The van der Waals surface area contributed by atoms with E-state index in [0.717, 1.165) is 0 Å². The van der Waals surface area contributed by atoms with E-state index in [4.69, 9.17) is 0 Å². The van der Waals surface area contributed by atoms with Crippen LogP contribution in [0.2, 0.25) is 0 Å². The van der Waals surface area contributed by atoms with Crippen molar-refractivity contribution in [3.8, 4) is 0 Å². The summed E-state index contributed by atoms with van der Waals surface area (Å²) >= 11 is 0. The highest BCUT2D eigenvalue weighted by Crippen LogP contribution is 2.20. The lowest BCUT2D eigenvalue weighted by atomic mass is 9.95. The first-order chi connectivity index (χ1) is 10.0. The second kappa shape index (κ2) is 6.34. The first kappa shape index (κ1) is 15.0. The van der Waals surface area contributed by atoms with Gasteiger partial charge in [0.15, 0.2) is 0 Å². The van der Waals surface area contributed by atoms with Gasteiger partial charge in [0.1, 0.15) is 0 Å². The standard InChI is InChI=1S/C14H17N3O4/c1-15-13(18)10-6-8-16(9-7-10)14(19)11-2-4-12(5-3-11)17(20)21/h2-5,10H,6-9H2,1H3,(H,15,18). The number of hydrogen-bond donors (Lipinski definition) is 1. The fraction of sp³-hybridized carbons (Fsp3) is 0.429. The predicted molar refractivity (Wildman–Crippen MR) is 75.8 cm³/mol. The summed E-state index contributed by atoms with van der Waals surface area (Å²) in [5, 5.41) is 13.2. The Bertz CT molecular complexity index is 548. The Labute approximate surface area is 122 Å². The van der Waals surface area contributed by atoms with E-state index in [1.165, 1.54) is 24.3 Å². The van der Waals surface area contributed by atoms with Gasteiger partial charge in [-0.15, -0.1) is 0 Å². The fourth-order valence-corrected chi connectivity index (χ4v) is 2.46. The number of hydrogen-bond acceptors (Lipinski definition) is 4. The van der Waals surface area contributed by atoms with Gasteiger partial charge in [0.05, 0.1) is 4.92 Å². The summed E-state index contributed by atoms with van der Waals surface area (Å²) in [5.41, 5.74) is 0.392. The van der Waals surface area contributed by atoms with Gasteiger partial charge in [0.25, 0.3) is 11.6 Å². The molecular weight excluding hydrogens is 274 g/mol. The van der Waals surface area contributed by atoms with Gasteiger partial charge in [0, 0.05) is 43.8 Å². The van der Waals surface area contributed by atoms with Crippen LogP contribution in [0, 0.1) is 16.0 Å². The molecule has 0 radical (unpaired) electrons. The zero-order valence-electron chi connectivity index (χ0n) is 11.7. The summed E-state index contributed by atoms with van der Waals surface area (Å²) in [4.78, 5) is 35.6. The van der Waals surface area contributed by atoms with Crippen LogP contribution in [0.25, 0.3) is 0 Å². The lowest BCUT2D eigenvalue weighted by Gasteiger charge is -2.31. The molecule has 1 fully saturated rings. The summed E-state index contributed by atoms with van der Waals surface area (Å²) in [7, 11) is 1.61. The summed E-state index contributed by atoms with van der Waals surface area (Å²) < 4.78 is 0. The van der Waals surface area contributed by atoms with Gasteiger partial charge in [-0.05, 0) is 25.0 Å². The van der Waals surface area contributed by atoms with Gasteiger partial charge in [-0.3, -0.25) is 19.7 Å². The van der Waals surface area contributed by atoms with E-state index in [0.29, 0.717) is 31.5 Å². The van der Waals surface area contributed by atoms with Crippen molar-refractivity contribution in [2.24, 2.45) is 5.92 Å². The molecule has 2 amide bonds. The van der Waals surface area contributed by atoms with Crippen LogP contribution in [0.3, 0.4) is 0 Å². The highest BCUT2D eigenvalue weighted by molar-refractivity contribution is 5.94. The molecule has 0 atom stereocenters. The second-order valence-electron chi connectivity index (χ2n) is 4.98. The number of non-ortho nitro benzene ring substituents is 1. The molecule has 1 N–H and O–H groups in total. The molecule has 0 saturated carbocycles. The molecule has 0 unspecified atom stereocenters. The van der Waals surface area contributed by atoms with Gasteiger partial charge in [-0.25, -0.2) is 0 Å². The minimum atomic E-state index is -0.497. The van der Waals surface area contributed by atoms with Crippen LogP contribution in [-0.4, -0.2) is 41.8 Å². The molecular formula is C14H17N3O4. The van der Waals surface area contributed by atoms with Crippen molar-refractivity contribution in [3.05, 3.63) is 39.9 Å². The molecule has 0 bridgehead atoms. The molecule has 1 aliphatic rings. The molecule has 1 aliphatic heterocycles. The smallest absolute Gasteiger partial charge is 0.269 e. The molecule has 1 heterocycles.